The van der Waals surface area contributed by atoms with Gasteiger partial charge >= 0.3 is 0 Å². The van der Waals surface area contributed by atoms with Crippen molar-refractivity contribution in [2.45, 2.75) is 37.6 Å². The van der Waals surface area contributed by atoms with Gasteiger partial charge in [-0.2, -0.15) is 0 Å². The molecule has 2 aromatic rings. The zero-order valence-electron chi connectivity index (χ0n) is 15.5. The molecule has 3 rings (SSSR count). The predicted octanol–water partition coefficient (Wildman–Crippen LogP) is 2.98. The van der Waals surface area contributed by atoms with Crippen LogP contribution >= 0.6 is 11.3 Å². The highest BCUT2D eigenvalue weighted by Gasteiger charge is 2.25. The molecule has 1 aromatic carbocycles. The molecule has 6 nitrogen and oxygen atoms in total. The number of piperidine rings is 1. The second kappa shape index (κ2) is 8.52. The molecular weight excluding hydrogens is 382 g/mol. The maximum Gasteiger partial charge on any atom is 0.265 e. The fourth-order valence-electron chi connectivity index (χ4n) is 3.29. The topological polar surface area (TPSA) is 87.3 Å². The van der Waals surface area contributed by atoms with Gasteiger partial charge in [0.05, 0.1) is 9.77 Å². The number of anilines is 1. The quantitative estimate of drug-likeness (QED) is 0.687. The average Bonchev–Trinajstić information content (AvgIpc) is 3.18. The molecule has 0 aliphatic carbocycles. The van der Waals surface area contributed by atoms with E-state index < -0.39 is 10.0 Å². The van der Waals surface area contributed by atoms with Crippen LogP contribution in [0.2, 0.25) is 0 Å². The lowest BCUT2D eigenvalue weighted by Crippen LogP contribution is -2.42. The highest BCUT2D eigenvalue weighted by Crippen LogP contribution is 2.23. The SMILES string of the molecule is Cc1cc(S(=O)(=O)NC(C)C2CCNCC2)ccc1NC(=O)c1cccs1. The molecule has 3 N–H and O–H groups in total. The van der Waals surface area contributed by atoms with Gasteiger partial charge in [-0.15, -0.1) is 11.3 Å². The van der Waals surface area contributed by atoms with Crippen LogP contribution in [-0.2, 0) is 10.0 Å². The third kappa shape index (κ3) is 4.95. The Kier molecular flexibility index (Phi) is 6.31. The van der Waals surface area contributed by atoms with Crippen LogP contribution < -0.4 is 15.4 Å². The molecule has 146 valence electrons. The van der Waals surface area contributed by atoms with Crippen molar-refractivity contribution in [3.63, 3.8) is 0 Å². The van der Waals surface area contributed by atoms with E-state index in [4.69, 9.17) is 0 Å². The number of hydrogen-bond donors (Lipinski definition) is 3. The average molecular weight is 408 g/mol. The summed E-state index contributed by atoms with van der Waals surface area (Å²) in [6.07, 6.45) is 1.94. The summed E-state index contributed by atoms with van der Waals surface area (Å²) in [6.45, 7) is 5.57. The lowest BCUT2D eigenvalue weighted by molar-refractivity contribution is 0.103. The van der Waals surface area contributed by atoms with Crippen molar-refractivity contribution < 1.29 is 13.2 Å². The second-order valence-corrected chi connectivity index (χ2v) is 9.57. The monoisotopic (exact) mass is 407 g/mol. The van der Waals surface area contributed by atoms with Gasteiger partial charge in [-0.25, -0.2) is 13.1 Å². The number of sulfonamides is 1. The Morgan fingerprint density at radius 3 is 2.63 bits per heavy atom. The van der Waals surface area contributed by atoms with E-state index in [2.05, 4.69) is 15.4 Å². The zero-order chi connectivity index (χ0) is 19.4. The summed E-state index contributed by atoms with van der Waals surface area (Å²) >= 11 is 1.36. The van der Waals surface area contributed by atoms with Crippen LogP contribution in [0.15, 0.2) is 40.6 Å². The Hall–Kier alpha value is -1.74. The van der Waals surface area contributed by atoms with Crippen molar-refractivity contribution in [3.8, 4) is 0 Å². The Morgan fingerprint density at radius 1 is 1.26 bits per heavy atom. The molecule has 1 fully saturated rings. The van der Waals surface area contributed by atoms with E-state index in [-0.39, 0.29) is 16.8 Å². The molecular formula is C19H25N3O3S2. The summed E-state index contributed by atoms with van der Waals surface area (Å²) in [6, 6.07) is 8.23. The molecule has 1 aliphatic heterocycles. The van der Waals surface area contributed by atoms with Crippen molar-refractivity contribution in [2.24, 2.45) is 5.92 Å². The molecule has 2 heterocycles. The molecule has 1 unspecified atom stereocenters. The van der Waals surface area contributed by atoms with Crippen molar-refractivity contribution in [1.29, 1.82) is 0 Å². The first-order valence-corrected chi connectivity index (χ1v) is 11.4. The first-order chi connectivity index (χ1) is 12.9. The summed E-state index contributed by atoms with van der Waals surface area (Å²) in [4.78, 5) is 13.0. The van der Waals surface area contributed by atoms with Crippen LogP contribution in [0.5, 0.6) is 0 Å². The highest BCUT2D eigenvalue weighted by atomic mass is 32.2. The van der Waals surface area contributed by atoms with Crippen molar-refractivity contribution in [1.82, 2.24) is 10.0 Å². The van der Waals surface area contributed by atoms with Gasteiger partial charge in [0.25, 0.3) is 5.91 Å². The van der Waals surface area contributed by atoms with Gasteiger partial charge in [0, 0.05) is 11.7 Å². The van der Waals surface area contributed by atoms with Gasteiger partial charge in [0.15, 0.2) is 0 Å². The molecule has 1 amide bonds. The molecule has 0 bridgehead atoms. The molecule has 8 heteroatoms. The molecule has 27 heavy (non-hydrogen) atoms. The molecule has 1 aliphatic rings. The number of amides is 1. The van der Waals surface area contributed by atoms with Gasteiger partial charge in [0.2, 0.25) is 10.0 Å². The van der Waals surface area contributed by atoms with Gasteiger partial charge in [-0.1, -0.05) is 6.07 Å². The lowest BCUT2D eigenvalue weighted by atomic mass is 9.92. The number of benzene rings is 1. The Balaban J connectivity index is 1.70. The number of rotatable bonds is 6. The fourth-order valence-corrected chi connectivity index (χ4v) is 5.30. The van der Waals surface area contributed by atoms with Crippen LogP contribution in [0.4, 0.5) is 5.69 Å². The molecule has 0 radical (unpaired) electrons. The van der Waals surface area contributed by atoms with Crippen molar-refractivity contribution in [3.05, 3.63) is 46.2 Å². The Bertz CT molecular complexity index is 889. The van der Waals surface area contributed by atoms with Gasteiger partial charge in [0.1, 0.15) is 0 Å². The van der Waals surface area contributed by atoms with E-state index in [0.717, 1.165) is 25.9 Å². The van der Waals surface area contributed by atoms with E-state index in [1.54, 1.807) is 25.1 Å². The predicted molar refractivity (Wildman–Crippen MR) is 109 cm³/mol. The molecule has 1 atom stereocenters. The van der Waals surface area contributed by atoms with E-state index in [1.807, 2.05) is 18.4 Å². The van der Waals surface area contributed by atoms with Crippen LogP contribution in [0, 0.1) is 12.8 Å². The fraction of sp³-hybridized carbons (Fsp3) is 0.421. The largest absolute Gasteiger partial charge is 0.321 e. The minimum absolute atomic E-state index is 0.115. The van der Waals surface area contributed by atoms with Gasteiger partial charge < -0.3 is 10.6 Å². The van der Waals surface area contributed by atoms with E-state index in [1.165, 1.54) is 17.4 Å². The third-order valence-corrected chi connectivity index (χ3v) is 7.36. The summed E-state index contributed by atoms with van der Waals surface area (Å²) < 4.78 is 28.3. The number of nitrogens with one attached hydrogen (secondary N) is 3. The number of hydrogen-bond acceptors (Lipinski definition) is 5. The second-order valence-electron chi connectivity index (χ2n) is 6.91. The summed E-state index contributed by atoms with van der Waals surface area (Å²) in [5.74, 6) is 0.146. The van der Waals surface area contributed by atoms with Crippen LogP contribution in [0.25, 0.3) is 0 Å². The van der Waals surface area contributed by atoms with E-state index in [0.29, 0.717) is 22.0 Å². The molecule has 1 aromatic heterocycles. The molecule has 0 spiro atoms. The van der Waals surface area contributed by atoms with Crippen LogP contribution in [-0.4, -0.2) is 33.5 Å². The Morgan fingerprint density at radius 2 is 2.00 bits per heavy atom. The number of thiophene rings is 1. The Labute approximate surface area is 164 Å². The molecule has 1 saturated heterocycles. The number of carbonyl (C=O) groups is 1. The normalized spacial score (nSPS) is 16.8. The summed E-state index contributed by atoms with van der Waals surface area (Å²) in [5, 5.41) is 7.97. The lowest BCUT2D eigenvalue weighted by Gasteiger charge is -2.28. The number of aryl methyl sites for hydroxylation is 1. The molecule has 0 saturated carbocycles. The maximum atomic E-state index is 12.7. The van der Waals surface area contributed by atoms with Crippen LogP contribution in [0.1, 0.15) is 35.0 Å². The summed E-state index contributed by atoms with van der Waals surface area (Å²) in [7, 11) is -3.60. The number of carbonyl (C=O) groups excluding carboxylic acids is 1. The zero-order valence-corrected chi connectivity index (χ0v) is 17.1. The minimum atomic E-state index is -3.60. The maximum absolute atomic E-state index is 12.7. The minimum Gasteiger partial charge on any atom is -0.321 e. The van der Waals surface area contributed by atoms with E-state index in [9.17, 15) is 13.2 Å². The summed E-state index contributed by atoms with van der Waals surface area (Å²) in [5.41, 5.74) is 1.32. The van der Waals surface area contributed by atoms with Gasteiger partial charge in [-0.3, -0.25) is 4.79 Å². The highest BCUT2D eigenvalue weighted by molar-refractivity contribution is 7.89. The third-order valence-electron chi connectivity index (χ3n) is 4.93. The van der Waals surface area contributed by atoms with E-state index >= 15 is 0 Å². The standard InChI is InChI=1S/C19H25N3O3S2/c1-13-12-16(5-6-17(13)21-19(23)18-4-3-11-26-18)27(24,25)22-14(2)15-7-9-20-10-8-15/h3-6,11-12,14-15,20,22H,7-10H2,1-2H3,(H,21,23). The first kappa shape index (κ1) is 20.0. The van der Waals surface area contributed by atoms with Crippen molar-refractivity contribution in [2.75, 3.05) is 18.4 Å². The van der Waals surface area contributed by atoms with Crippen molar-refractivity contribution >= 4 is 33.0 Å². The first-order valence-electron chi connectivity index (χ1n) is 9.05. The van der Waals surface area contributed by atoms with Crippen LogP contribution in [0.3, 0.4) is 0 Å². The smallest absolute Gasteiger partial charge is 0.265 e. The van der Waals surface area contributed by atoms with Gasteiger partial charge in [-0.05, 0) is 80.9 Å².